The van der Waals surface area contributed by atoms with Crippen LogP contribution in [-0.2, 0) is 20.7 Å². The summed E-state index contributed by atoms with van der Waals surface area (Å²) in [5.74, 6) is -1.94. The van der Waals surface area contributed by atoms with E-state index in [1.165, 1.54) is 49.5 Å². The van der Waals surface area contributed by atoms with Gasteiger partial charge >= 0.3 is 11.9 Å². The zero-order chi connectivity index (χ0) is 27.8. The number of methoxy groups -OCH3 is 2. The topological polar surface area (TPSA) is 135 Å². The second-order valence-corrected chi connectivity index (χ2v) is 8.88. The highest BCUT2D eigenvalue weighted by Crippen LogP contribution is 2.33. The van der Waals surface area contributed by atoms with Gasteiger partial charge in [0, 0.05) is 33.8 Å². The molecule has 3 rings (SSSR count). The third-order valence-electron chi connectivity index (χ3n) is 5.81. The van der Waals surface area contributed by atoms with Gasteiger partial charge in [0.1, 0.15) is 6.04 Å². The molecule has 196 valence electrons. The lowest BCUT2D eigenvalue weighted by Gasteiger charge is -2.36. The SMILES string of the molecule is COC(=O)c1ccc(C(C)N(C(=O)c2ccc(Cl)cc2N=[N+]=[N-])C(Cc2ccccn2)C(=O)OC)cc1Cl. The molecule has 1 heterocycles. The first-order valence-electron chi connectivity index (χ1n) is 11.2. The molecule has 2 unspecified atom stereocenters. The second kappa shape index (κ2) is 12.9. The van der Waals surface area contributed by atoms with Crippen LogP contribution in [0.25, 0.3) is 10.4 Å². The molecular weight excluding hydrogens is 533 g/mol. The maximum atomic E-state index is 14.1. The minimum atomic E-state index is -1.13. The Morgan fingerprint density at radius 3 is 2.39 bits per heavy atom. The van der Waals surface area contributed by atoms with Crippen molar-refractivity contribution in [3.05, 3.63) is 104 Å². The van der Waals surface area contributed by atoms with Gasteiger partial charge in [-0.05, 0) is 60.5 Å². The number of amides is 1. The van der Waals surface area contributed by atoms with Gasteiger partial charge < -0.3 is 14.4 Å². The summed E-state index contributed by atoms with van der Waals surface area (Å²) < 4.78 is 9.82. The van der Waals surface area contributed by atoms with Gasteiger partial charge in [-0.3, -0.25) is 9.78 Å². The zero-order valence-electron chi connectivity index (χ0n) is 20.7. The highest BCUT2D eigenvalue weighted by Gasteiger charge is 2.37. The van der Waals surface area contributed by atoms with Crippen LogP contribution in [0.1, 0.15) is 44.9 Å². The summed E-state index contributed by atoms with van der Waals surface area (Å²) >= 11 is 12.4. The summed E-state index contributed by atoms with van der Waals surface area (Å²) in [5.41, 5.74) is 10.3. The van der Waals surface area contributed by atoms with Gasteiger partial charge in [-0.2, -0.15) is 0 Å². The van der Waals surface area contributed by atoms with Crippen molar-refractivity contribution in [1.29, 1.82) is 0 Å². The number of nitrogens with zero attached hydrogens (tertiary/aromatic N) is 5. The van der Waals surface area contributed by atoms with Crippen LogP contribution < -0.4 is 0 Å². The Hall–Kier alpha value is -4.11. The Morgan fingerprint density at radius 2 is 1.79 bits per heavy atom. The number of hydrogen-bond donors (Lipinski definition) is 0. The van der Waals surface area contributed by atoms with Gasteiger partial charge in [0.2, 0.25) is 0 Å². The lowest BCUT2D eigenvalue weighted by atomic mass is 9.98. The molecule has 1 amide bonds. The number of esters is 2. The van der Waals surface area contributed by atoms with E-state index in [1.807, 2.05) is 0 Å². The fourth-order valence-electron chi connectivity index (χ4n) is 3.92. The molecule has 0 saturated carbocycles. The average molecular weight is 556 g/mol. The normalized spacial score (nSPS) is 12.0. The lowest BCUT2D eigenvalue weighted by Crippen LogP contribution is -2.48. The fraction of sp³-hybridized carbons (Fsp3) is 0.231. The Labute approximate surface area is 228 Å². The first kappa shape index (κ1) is 28.5. The van der Waals surface area contributed by atoms with E-state index >= 15 is 0 Å². The van der Waals surface area contributed by atoms with Crippen LogP contribution in [0.5, 0.6) is 0 Å². The number of rotatable bonds is 9. The Balaban J connectivity index is 2.18. The Bertz CT molecular complexity index is 1400. The average Bonchev–Trinajstić information content (AvgIpc) is 2.92. The van der Waals surface area contributed by atoms with Crippen molar-refractivity contribution < 1.29 is 23.9 Å². The molecule has 10 nitrogen and oxygen atoms in total. The third-order valence-corrected chi connectivity index (χ3v) is 6.36. The number of hydrogen-bond acceptors (Lipinski definition) is 7. The standard InChI is InChI=1S/C26H23Cl2N5O5/c1-15(16-7-9-19(21(28)12-16)25(35)37-2)33(23(26(36)38-3)14-18-6-4-5-11-30-18)24(34)20-10-8-17(27)13-22(20)31-32-29/h4-13,15,23H,14H2,1-3H3. The smallest absolute Gasteiger partial charge is 0.339 e. The van der Waals surface area contributed by atoms with E-state index < -0.39 is 29.9 Å². The Kier molecular flexibility index (Phi) is 9.67. The minimum absolute atomic E-state index is 0.0114. The summed E-state index contributed by atoms with van der Waals surface area (Å²) in [4.78, 5) is 47.6. The molecule has 0 fully saturated rings. The summed E-state index contributed by atoms with van der Waals surface area (Å²) in [6.07, 6.45) is 1.60. The molecule has 2 atom stereocenters. The van der Waals surface area contributed by atoms with Crippen molar-refractivity contribution in [2.75, 3.05) is 14.2 Å². The number of benzene rings is 2. The lowest BCUT2D eigenvalue weighted by molar-refractivity contribution is -0.146. The minimum Gasteiger partial charge on any atom is -0.467 e. The summed E-state index contributed by atoms with van der Waals surface area (Å²) in [6, 6.07) is 12.1. The number of ether oxygens (including phenoxy) is 2. The quantitative estimate of drug-likeness (QED) is 0.135. The maximum Gasteiger partial charge on any atom is 0.339 e. The molecule has 0 aliphatic carbocycles. The number of carbonyl (C=O) groups excluding carboxylic acids is 3. The van der Waals surface area contributed by atoms with Crippen LogP contribution in [-0.4, -0.2) is 48.0 Å². The van der Waals surface area contributed by atoms with Crippen molar-refractivity contribution >= 4 is 46.7 Å². The van der Waals surface area contributed by atoms with Crippen molar-refractivity contribution in [2.24, 2.45) is 5.11 Å². The van der Waals surface area contributed by atoms with E-state index in [0.717, 1.165) is 0 Å². The zero-order valence-corrected chi connectivity index (χ0v) is 22.2. The molecule has 3 aromatic rings. The largest absolute Gasteiger partial charge is 0.467 e. The van der Waals surface area contributed by atoms with Crippen molar-refractivity contribution in [3.63, 3.8) is 0 Å². The van der Waals surface area contributed by atoms with Crippen LogP contribution in [0.4, 0.5) is 5.69 Å². The van der Waals surface area contributed by atoms with Gasteiger partial charge in [-0.25, -0.2) is 9.59 Å². The molecule has 0 spiro atoms. The number of aromatic nitrogens is 1. The fourth-order valence-corrected chi connectivity index (χ4v) is 4.35. The van der Waals surface area contributed by atoms with Gasteiger partial charge in [-0.15, -0.1) is 0 Å². The van der Waals surface area contributed by atoms with Gasteiger partial charge in [0.05, 0.1) is 36.5 Å². The van der Waals surface area contributed by atoms with Crippen LogP contribution in [0.3, 0.4) is 0 Å². The van der Waals surface area contributed by atoms with E-state index in [-0.39, 0.29) is 33.3 Å². The molecule has 12 heteroatoms. The third kappa shape index (κ3) is 6.41. The van der Waals surface area contributed by atoms with E-state index in [0.29, 0.717) is 11.3 Å². The molecule has 0 radical (unpaired) electrons. The van der Waals surface area contributed by atoms with Crippen molar-refractivity contribution in [2.45, 2.75) is 25.4 Å². The van der Waals surface area contributed by atoms with Gasteiger partial charge in [-0.1, -0.05) is 40.4 Å². The van der Waals surface area contributed by atoms with Crippen molar-refractivity contribution in [3.8, 4) is 0 Å². The number of pyridine rings is 1. The molecule has 2 aromatic carbocycles. The van der Waals surface area contributed by atoms with Gasteiger partial charge in [0.15, 0.2) is 0 Å². The highest BCUT2D eigenvalue weighted by atomic mass is 35.5. The number of halogens is 2. The molecule has 0 bridgehead atoms. The number of carbonyl (C=O) groups is 3. The monoisotopic (exact) mass is 555 g/mol. The molecule has 1 aromatic heterocycles. The van der Waals surface area contributed by atoms with E-state index in [9.17, 15) is 14.4 Å². The van der Waals surface area contributed by atoms with Crippen LogP contribution in [0, 0.1) is 0 Å². The molecule has 0 aliphatic rings. The van der Waals surface area contributed by atoms with E-state index in [4.69, 9.17) is 38.2 Å². The first-order chi connectivity index (χ1) is 18.2. The van der Waals surface area contributed by atoms with Crippen LogP contribution in [0.2, 0.25) is 10.0 Å². The predicted octanol–water partition coefficient (Wildman–Crippen LogP) is 6.10. The predicted molar refractivity (Wildman–Crippen MR) is 141 cm³/mol. The summed E-state index contributed by atoms with van der Waals surface area (Å²) in [6.45, 7) is 1.69. The van der Waals surface area contributed by atoms with E-state index in [1.54, 1.807) is 37.4 Å². The first-order valence-corrected chi connectivity index (χ1v) is 12.0. The molecule has 38 heavy (non-hydrogen) atoms. The second-order valence-electron chi connectivity index (χ2n) is 8.03. The maximum absolute atomic E-state index is 14.1. The molecular formula is C26H23Cl2N5O5. The Morgan fingerprint density at radius 1 is 1.05 bits per heavy atom. The molecule has 0 N–H and O–H groups in total. The van der Waals surface area contributed by atoms with Crippen LogP contribution >= 0.6 is 23.2 Å². The number of azide groups is 1. The van der Waals surface area contributed by atoms with E-state index in [2.05, 4.69) is 15.0 Å². The van der Waals surface area contributed by atoms with Crippen LogP contribution in [0.15, 0.2) is 65.9 Å². The highest BCUT2D eigenvalue weighted by molar-refractivity contribution is 6.33. The van der Waals surface area contributed by atoms with Crippen molar-refractivity contribution in [1.82, 2.24) is 9.88 Å². The summed E-state index contributed by atoms with van der Waals surface area (Å²) in [7, 11) is 2.46. The van der Waals surface area contributed by atoms with Gasteiger partial charge in [0.25, 0.3) is 5.91 Å². The molecule has 0 saturated heterocycles. The summed E-state index contributed by atoms with van der Waals surface area (Å²) in [5, 5.41) is 3.98. The molecule has 0 aliphatic heterocycles.